The predicted molar refractivity (Wildman–Crippen MR) is 82.4 cm³/mol. The zero-order valence-corrected chi connectivity index (χ0v) is 12.9. The summed E-state index contributed by atoms with van der Waals surface area (Å²) >= 11 is 1.53. The lowest BCUT2D eigenvalue weighted by Gasteiger charge is -2.16. The molecule has 1 heterocycles. The number of hydrogen-bond donors (Lipinski definition) is 1. The highest BCUT2D eigenvalue weighted by molar-refractivity contribution is 7.98. The Kier molecular flexibility index (Phi) is 4.47. The third kappa shape index (κ3) is 3.00. The summed E-state index contributed by atoms with van der Waals surface area (Å²) < 4.78 is 1.48. The lowest BCUT2D eigenvalue weighted by molar-refractivity contribution is -0.136. The number of aryl methyl sites for hydroxylation is 1. The Morgan fingerprint density at radius 2 is 2.00 bits per heavy atom. The molecule has 2 rings (SSSR count). The van der Waals surface area contributed by atoms with Crippen LogP contribution < -0.4 is 5.69 Å². The van der Waals surface area contributed by atoms with Crippen LogP contribution in [0.5, 0.6) is 0 Å². The molecule has 1 aromatic heterocycles. The number of aliphatic carboxylic acids is 1. The Bertz CT molecular complexity index is 753. The minimum Gasteiger partial charge on any atom is -0.481 e. The summed E-state index contributed by atoms with van der Waals surface area (Å²) in [5.41, 5.74) is 2.01. The quantitative estimate of drug-likeness (QED) is 0.877. The predicted octanol–water partition coefficient (Wildman–Crippen LogP) is 2.20. The van der Waals surface area contributed by atoms with Crippen LogP contribution >= 0.6 is 11.8 Å². The molecule has 0 radical (unpaired) electrons. The van der Waals surface area contributed by atoms with Gasteiger partial charge in [-0.15, -0.1) is 11.8 Å². The first kappa shape index (κ1) is 15.3. The first-order valence-corrected chi connectivity index (χ1v) is 7.62. The number of carboxylic acids is 1. The molecule has 0 amide bonds. The van der Waals surface area contributed by atoms with Crippen molar-refractivity contribution in [1.82, 2.24) is 9.55 Å². The number of carbonyl (C=O) groups is 1. The number of thioether (sulfide) groups is 1. The minimum atomic E-state index is -0.939. The smallest absolute Gasteiger partial charge is 0.352 e. The van der Waals surface area contributed by atoms with E-state index in [1.54, 1.807) is 13.8 Å². The van der Waals surface area contributed by atoms with Gasteiger partial charge in [0.15, 0.2) is 0 Å². The summed E-state index contributed by atoms with van der Waals surface area (Å²) in [6.07, 6.45) is 1.78. The van der Waals surface area contributed by atoms with Crippen LogP contribution in [-0.4, -0.2) is 26.9 Å². The molecule has 1 N–H and O–H groups in total. The standard InChI is InChI=1S/C15H16N2O3S/c1-9-11(8-14(18)19)10(2)17(15(20)16-9)12-6-4-5-7-13(12)21-3/h4-7H,8H2,1-3H3,(H,18,19). The van der Waals surface area contributed by atoms with Crippen molar-refractivity contribution in [2.24, 2.45) is 0 Å². The van der Waals surface area contributed by atoms with Gasteiger partial charge in [-0.05, 0) is 32.2 Å². The zero-order chi connectivity index (χ0) is 15.6. The molecule has 0 saturated heterocycles. The first-order valence-electron chi connectivity index (χ1n) is 6.40. The monoisotopic (exact) mass is 304 g/mol. The summed E-state index contributed by atoms with van der Waals surface area (Å²) in [7, 11) is 0. The van der Waals surface area contributed by atoms with E-state index >= 15 is 0 Å². The van der Waals surface area contributed by atoms with E-state index in [0.29, 0.717) is 17.0 Å². The topological polar surface area (TPSA) is 72.2 Å². The maximum atomic E-state index is 12.3. The lowest BCUT2D eigenvalue weighted by atomic mass is 10.1. The molecule has 0 bridgehead atoms. The first-order chi connectivity index (χ1) is 9.95. The summed E-state index contributed by atoms with van der Waals surface area (Å²) in [5, 5.41) is 9.03. The van der Waals surface area contributed by atoms with Crippen molar-refractivity contribution in [2.75, 3.05) is 6.26 Å². The number of nitrogens with zero attached hydrogens (tertiary/aromatic N) is 2. The van der Waals surface area contributed by atoms with E-state index in [9.17, 15) is 9.59 Å². The maximum absolute atomic E-state index is 12.3. The van der Waals surface area contributed by atoms with Crippen LogP contribution in [-0.2, 0) is 11.2 Å². The van der Waals surface area contributed by atoms with Crippen LogP contribution in [0.25, 0.3) is 5.69 Å². The molecule has 0 fully saturated rings. The second-order valence-electron chi connectivity index (χ2n) is 4.62. The van der Waals surface area contributed by atoms with E-state index in [-0.39, 0.29) is 12.1 Å². The van der Waals surface area contributed by atoms with E-state index in [1.165, 1.54) is 16.3 Å². The van der Waals surface area contributed by atoms with Crippen LogP contribution in [0.15, 0.2) is 34.0 Å². The van der Waals surface area contributed by atoms with Crippen LogP contribution in [0.4, 0.5) is 0 Å². The molecule has 0 aliphatic carbocycles. The summed E-state index contributed by atoms with van der Waals surface area (Å²) in [6.45, 7) is 3.42. The van der Waals surface area contributed by atoms with Gasteiger partial charge in [0.1, 0.15) is 0 Å². The van der Waals surface area contributed by atoms with Gasteiger partial charge in [0.05, 0.1) is 12.1 Å². The largest absolute Gasteiger partial charge is 0.481 e. The van der Waals surface area contributed by atoms with E-state index in [1.807, 2.05) is 30.5 Å². The Labute approximate surface area is 126 Å². The van der Waals surface area contributed by atoms with Gasteiger partial charge in [-0.2, -0.15) is 4.98 Å². The molecule has 21 heavy (non-hydrogen) atoms. The zero-order valence-electron chi connectivity index (χ0n) is 12.1. The van der Waals surface area contributed by atoms with Crippen LogP contribution in [0.2, 0.25) is 0 Å². The van der Waals surface area contributed by atoms with Crippen LogP contribution in [0, 0.1) is 13.8 Å². The number of benzene rings is 1. The molecular weight excluding hydrogens is 288 g/mol. The van der Waals surface area contributed by atoms with Crippen LogP contribution in [0.3, 0.4) is 0 Å². The molecular formula is C15H16N2O3S. The normalized spacial score (nSPS) is 10.6. The van der Waals surface area contributed by atoms with E-state index in [2.05, 4.69) is 4.98 Å². The van der Waals surface area contributed by atoms with Crippen molar-refractivity contribution in [3.05, 3.63) is 51.7 Å². The molecule has 0 saturated carbocycles. The third-order valence-corrected chi connectivity index (χ3v) is 4.10. The second-order valence-corrected chi connectivity index (χ2v) is 5.47. The van der Waals surface area contributed by atoms with Gasteiger partial charge < -0.3 is 5.11 Å². The van der Waals surface area contributed by atoms with Crippen molar-refractivity contribution in [2.45, 2.75) is 25.2 Å². The molecule has 5 nitrogen and oxygen atoms in total. The molecule has 0 spiro atoms. The fourth-order valence-corrected chi connectivity index (χ4v) is 2.89. The van der Waals surface area contributed by atoms with Crippen LogP contribution in [0.1, 0.15) is 17.0 Å². The summed E-state index contributed by atoms with van der Waals surface area (Å²) in [4.78, 5) is 28.2. The number of para-hydroxylation sites is 1. The fraction of sp³-hybridized carbons (Fsp3) is 0.267. The number of hydrogen-bond acceptors (Lipinski definition) is 4. The average molecular weight is 304 g/mol. The minimum absolute atomic E-state index is 0.146. The molecule has 0 atom stereocenters. The Morgan fingerprint density at radius 1 is 1.33 bits per heavy atom. The molecule has 2 aromatic rings. The highest BCUT2D eigenvalue weighted by atomic mass is 32.2. The molecule has 1 aromatic carbocycles. The van der Waals surface area contributed by atoms with Gasteiger partial charge in [-0.1, -0.05) is 12.1 Å². The molecule has 0 unspecified atom stereocenters. The third-order valence-electron chi connectivity index (χ3n) is 3.32. The van der Waals surface area contributed by atoms with Crippen molar-refractivity contribution in [1.29, 1.82) is 0 Å². The fourth-order valence-electron chi connectivity index (χ4n) is 2.31. The lowest BCUT2D eigenvalue weighted by Crippen LogP contribution is -2.27. The highest BCUT2D eigenvalue weighted by Gasteiger charge is 2.16. The summed E-state index contributed by atoms with van der Waals surface area (Å²) in [5.74, 6) is -0.939. The molecule has 110 valence electrons. The van der Waals surface area contributed by atoms with Crippen molar-refractivity contribution >= 4 is 17.7 Å². The van der Waals surface area contributed by atoms with E-state index < -0.39 is 5.97 Å². The summed E-state index contributed by atoms with van der Waals surface area (Å²) in [6, 6.07) is 7.50. The Morgan fingerprint density at radius 3 is 2.62 bits per heavy atom. The van der Waals surface area contributed by atoms with Gasteiger partial charge in [-0.25, -0.2) is 4.79 Å². The SMILES string of the molecule is CSc1ccccc1-n1c(C)c(CC(=O)O)c(C)nc1=O. The van der Waals surface area contributed by atoms with E-state index in [4.69, 9.17) is 5.11 Å². The van der Waals surface area contributed by atoms with Crippen molar-refractivity contribution < 1.29 is 9.90 Å². The van der Waals surface area contributed by atoms with Gasteiger partial charge >= 0.3 is 11.7 Å². The second kappa shape index (κ2) is 6.13. The van der Waals surface area contributed by atoms with Gasteiger partial charge in [0, 0.05) is 21.8 Å². The number of rotatable bonds is 4. The highest BCUT2D eigenvalue weighted by Crippen LogP contribution is 2.24. The Hall–Kier alpha value is -2.08. The number of carboxylic acid groups (broad SMARTS) is 1. The maximum Gasteiger partial charge on any atom is 0.352 e. The van der Waals surface area contributed by atoms with Crippen molar-refractivity contribution in [3.8, 4) is 5.69 Å². The number of aromatic nitrogens is 2. The van der Waals surface area contributed by atoms with E-state index in [0.717, 1.165) is 10.6 Å². The van der Waals surface area contributed by atoms with Gasteiger partial charge in [0.25, 0.3) is 0 Å². The van der Waals surface area contributed by atoms with Crippen molar-refractivity contribution in [3.63, 3.8) is 0 Å². The molecule has 0 aliphatic heterocycles. The Balaban J connectivity index is 2.75. The van der Waals surface area contributed by atoms with Gasteiger partial charge in [0.2, 0.25) is 0 Å². The molecule has 0 aliphatic rings. The van der Waals surface area contributed by atoms with Gasteiger partial charge in [-0.3, -0.25) is 9.36 Å². The average Bonchev–Trinajstić information content (AvgIpc) is 2.43. The molecule has 6 heteroatoms.